The summed E-state index contributed by atoms with van der Waals surface area (Å²) >= 11 is 3.64. The highest BCUT2D eigenvalue weighted by Gasteiger charge is 2.05. The lowest BCUT2D eigenvalue weighted by molar-refractivity contribution is 0.821. The van der Waals surface area contributed by atoms with E-state index >= 15 is 0 Å². The van der Waals surface area contributed by atoms with Crippen LogP contribution < -0.4 is 5.32 Å². The largest absolute Gasteiger partial charge is 0.316 e. The second kappa shape index (κ2) is 4.26. The molecule has 0 atom stereocenters. The van der Waals surface area contributed by atoms with Crippen LogP contribution in [0.4, 0.5) is 0 Å². The summed E-state index contributed by atoms with van der Waals surface area (Å²) in [6.07, 6.45) is 0. The van der Waals surface area contributed by atoms with Gasteiger partial charge in [-0.15, -0.1) is 22.7 Å². The molecule has 0 aromatic carbocycles. The fraction of sp³-hybridized carbons (Fsp3) is 0.273. The Morgan fingerprint density at radius 1 is 1.36 bits per heavy atom. The molecule has 74 valence electrons. The second-order valence-electron chi connectivity index (χ2n) is 3.24. The van der Waals surface area contributed by atoms with Gasteiger partial charge in [0, 0.05) is 21.9 Å². The van der Waals surface area contributed by atoms with Crippen LogP contribution >= 0.6 is 22.7 Å². The third-order valence-electron chi connectivity index (χ3n) is 2.16. The van der Waals surface area contributed by atoms with Crippen molar-refractivity contribution in [1.29, 1.82) is 0 Å². The first kappa shape index (κ1) is 9.90. The van der Waals surface area contributed by atoms with Crippen LogP contribution in [-0.4, -0.2) is 7.05 Å². The molecule has 0 saturated heterocycles. The fourth-order valence-electron chi connectivity index (χ4n) is 1.45. The maximum Gasteiger partial charge on any atom is 0.0357 e. The molecule has 0 aliphatic rings. The van der Waals surface area contributed by atoms with Gasteiger partial charge in [0.1, 0.15) is 0 Å². The second-order valence-corrected chi connectivity index (χ2v) is 5.27. The SMILES string of the molecule is CNCc1csc(-c2ccsc2C)c1. The Bertz CT molecular complexity index is 414. The molecule has 0 aliphatic carbocycles. The summed E-state index contributed by atoms with van der Waals surface area (Å²) in [4.78, 5) is 2.79. The Labute approximate surface area is 92.4 Å². The van der Waals surface area contributed by atoms with E-state index in [1.165, 1.54) is 20.9 Å². The first-order valence-electron chi connectivity index (χ1n) is 4.57. The molecule has 1 nitrogen and oxygen atoms in total. The average Bonchev–Trinajstić information content (AvgIpc) is 2.74. The van der Waals surface area contributed by atoms with Crippen molar-refractivity contribution in [2.24, 2.45) is 0 Å². The highest BCUT2D eigenvalue weighted by Crippen LogP contribution is 2.32. The van der Waals surface area contributed by atoms with E-state index in [2.05, 4.69) is 35.1 Å². The molecule has 2 heterocycles. The molecule has 2 rings (SSSR count). The van der Waals surface area contributed by atoms with Gasteiger partial charge < -0.3 is 5.32 Å². The predicted octanol–water partition coefficient (Wildman–Crippen LogP) is 3.50. The quantitative estimate of drug-likeness (QED) is 0.839. The number of hydrogen-bond acceptors (Lipinski definition) is 3. The van der Waals surface area contributed by atoms with Gasteiger partial charge in [-0.05, 0) is 42.4 Å². The van der Waals surface area contributed by atoms with Gasteiger partial charge in [0.25, 0.3) is 0 Å². The summed E-state index contributed by atoms with van der Waals surface area (Å²) in [5.74, 6) is 0. The van der Waals surface area contributed by atoms with Crippen molar-refractivity contribution in [2.75, 3.05) is 7.05 Å². The van der Waals surface area contributed by atoms with E-state index in [4.69, 9.17) is 0 Å². The van der Waals surface area contributed by atoms with Gasteiger partial charge in [-0.1, -0.05) is 0 Å². The highest BCUT2D eigenvalue weighted by molar-refractivity contribution is 7.15. The van der Waals surface area contributed by atoms with Crippen LogP contribution in [0.3, 0.4) is 0 Å². The van der Waals surface area contributed by atoms with Gasteiger partial charge in [0.15, 0.2) is 0 Å². The van der Waals surface area contributed by atoms with Crippen molar-refractivity contribution < 1.29 is 0 Å². The third-order valence-corrected chi connectivity index (χ3v) is 4.02. The molecular weight excluding hydrogens is 210 g/mol. The first-order chi connectivity index (χ1) is 6.81. The highest BCUT2D eigenvalue weighted by atomic mass is 32.1. The molecule has 0 spiro atoms. The third kappa shape index (κ3) is 1.90. The van der Waals surface area contributed by atoms with Gasteiger partial charge in [0.05, 0.1) is 0 Å². The molecular formula is C11H13NS2. The molecule has 1 N–H and O–H groups in total. The molecule has 0 fully saturated rings. The molecule has 3 heteroatoms. The molecule has 0 bridgehead atoms. The zero-order chi connectivity index (χ0) is 9.97. The van der Waals surface area contributed by atoms with E-state index in [0.29, 0.717) is 0 Å². The molecule has 0 saturated carbocycles. The van der Waals surface area contributed by atoms with Crippen molar-refractivity contribution in [2.45, 2.75) is 13.5 Å². The van der Waals surface area contributed by atoms with Crippen molar-refractivity contribution in [1.82, 2.24) is 5.32 Å². The van der Waals surface area contributed by atoms with Crippen LogP contribution in [0.15, 0.2) is 22.9 Å². The van der Waals surface area contributed by atoms with Crippen LogP contribution in [0.1, 0.15) is 10.4 Å². The molecule has 0 radical (unpaired) electrons. The van der Waals surface area contributed by atoms with Crippen molar-refractivity contribution in [3.63, 3.8) is 0 Å². The normalized spacial score (nSPS) is 10.7. The predicted molar refractivity (Wildman–Crippen MR) is 65.1 cm³/mol. The molecule has 2 aromatic heterocycles. The zero-order valence-electron chi connectivity index (χ0n) is 8.33. The number of thiophene rings is 2. The number of aryl methyl sites for hydroxylation is 1. The summed E-state index contributed by atoms with van der Waals surface area (Å²) in [6, 6.07) is 4.48. The Kier molecular flexibility index (Phi) is 3.01. The zero-order valence-corrected chi connectivity index (χ0v) is 9.97. The van der Waals surface area contributed by atoms with Crippen LogP contribution in [0.25, 0.3) is 10.4 Å². The van der Waals surface area contributed by atoms with Crippen molar-refractivity contribution >= 4 is 22.7 Å². The minimum atomic E-state index is 0.958. The van der Waals surface area contributed by atoms with Crippen LogP contribution in [0.2, 0.25) is 0 Å². The minimum absolute atomic E-state index is 0.958. The fourth-order valence-corrected chi connectivity index (χ4v) is 3.23. The maximum atomic E-state index is 3.17. The Balaban J connectivity index is 2.29. The van der Waals surface area contributed by atoms with Crippen LogP contribution in [-0.2, 0) is 6.54 Å². The summed E-state index contributed by atoms with van der Waals surface area (Å²) in [5, 5.41) is 7.55. The Hall–Kier alpha value is -0.640. The first-order valence-corrected chi connectivity index (χ1v) is 6.33. The van der Waals surface area contributed by atoms with Gasteiger partial charge in [0.2, 0.25) is 0 Å². The molecule has 0 aliphatic heterocycles. The number of nitrogens with one attached hydrogen (secondary N) is 1. The monoisotopic (exact) mass is 223 g/mol. The van der Waals surface area contributed by atoms with E-state index in [1.807, 2.05) is 29.7 Å². The topological polar surface area (TPSA) is 12.0 Å². The number of rotatable bonds is 3. The van der Waals surface area contributed by atoms with E-state index in [1.54, 1.807) is 0 Å². The summed E-state index contributed by atoms with van der Waals surface area (Å²) in [6.45, 7) is 3.14. The maximum absolute atomic E-state index is 3.17. The molecule has 14 heavy (non-hydrogen) atoms. The van der Waals surface area contributed by atoms with Gasteiger partial charge >= 0.3 is 0 Å². The molecule has 2 aromatic rings. The smallest absolute Gasteiger partial charge is 0.0357 e. The summed E-state index contributed by atoms with van der Waals surface area (Å²) < 4.78 is 0. The van der Waals surface area contributed by atoms with E-state index in [9.17, 15) is 0 Å². The molecule has 0 unspecified atom stereocenters. The Morgan fingerprint density at radius 3 is 2.86 bits per heavy atom. The van der Waals surface area contributed by atoms with Crippen molar-refractivity contribution in [3.05, 3.63) is 33.3 Å². The van der Waals surface area contributed by atoms with Crippen LogP contribution in [0, 0.1) is 6.92 Å². The van der Waals surface area contributed by atoms with Gasteiger partial charge in [-0.2, -0.15) is 0 Å². The van der Waals surface area contributed by atoms with Crippen LogP contribution in [0.5, 0.6) is 0 Å². The summed E-state index contributed by atoms with van der Waals surface area (Å²) in [7, 11) is 1.98. The van der Waals surface area contributed by atoms with E-state index in [0.717, 1.165) is 6.54 Å². The average molecular weight is 223 g/mol. The lowest BCUT2D eigenvalue weighted by Gasteiger charge is -1.94. The van der Waals surface area contributed by atoms with E-state index in [-0.39, 0.29) is 0 Å². The summed E-state index contributed by atoms with van der Waals surface area (Å²) in [5.41, 5.74) is 2.76. The van der Waals surface area contributed by atoms with Crippen molar-refractivity contribution in [3.8, 4) is 10.4 Å². The van der Waals surface area contributed by atoms with E-state index < -0.39 is 0 Å². The van der Waals surface area contributed by atoms with Gasteiger partial charge in [-0.25, -0.2) is 0 Å². The molecule has 0 amide bonds. The lowest BCUT2D eigenvalue weighted by atomic mass is 10.2. The standard InChI is InChI=1S/C11H13NS2/c1-8-10(3-4-13-8)11-5-9(6-12-2)7-14-11/h3-5,7,12H,6H2,1-2H3. The van der Waals surface area contributed by atoms with Gasteiger partial charge in [-0.3, -0.25) is 0 Å². The number of hydrogen-bond donors (Lipinski definition) is 1. The lowest BCUT2D eigenvalue weighted by Crippen LogP contribution is -2.03. The minimum Gasteiger partial charge on any atom is -0.316 e. The Morgan fingerprint density at radius 2 is 2.21 bits per heavy atom.